The zero-order chi connectivity index (χ0) is 7.84. The van der Waals surface area contributed by atoms with E-state index in [9.17, 15) is 0 Å². The van der Waals surface area contributed by atoms with Crippen LogP contribution in [0, 0.1) is 12.8 Å². The summed E-state index contributed by atoms with van der Waals surface area (Å²) in [5, 5.41) is 0. The van der Waals surface area contributed by atoms with Gasteiger partial charge in [0, 0.05) is 0 Å². The predicted molar refractivity (Wildman–Crippen MR) is 43.1 cm³/mol. The van der Waals surface area contributed by atoms with Gasteiger partial charge in [0.2, 0.25) is 0 Å². The fourth-order valence-electron chi connectivity index (χ4n) is 1.32. The lowest BCUT2D eigenvalue weighted by molar-refractivity contribution is 0.426. The summed E-state index contributed by atoms with van der Waals surface area (Å²) in [7, 11) is 0. The molecule has 1 aliphatic rings. The van der Waals surface area contributed by atoms with Crippen LogP contribution in [0.1, 0.15) is 30.4 Å². The summed E-state index contributed by atoms with van der Waals surface area (Å²) in [4.78, 5) is 0. The molecule has 0 amide bonds. The SMILES string of the molecule is Cc1ccc(C(N)C2CC2)o1. The second-order valence-corrected chi connectivity index (χ2v) is 3.31. The van der Waals surface area contributed by atoms with Gasteiger partial charge in [0.05, 0.1) is 6.04 Å². The van der Waals surface area contributed by atoms with Crippen LogP contribution >= 0.6 is 0 Å². The predicted octanol–water partition coefficient (Wildman–Crippen LogP) is 2.00. The first-order valence-electron chi connectivity index (χ1n) is 4.09. The molecule has 2 rings (SSSR count). The molecule has 1 atom stereocenters. The van der Waals surface area contributed by atoms with Crippen molar-refractivity contribution in [2.45, 2.75) is 25.8 Å². The van der Waals surface area contributed by atoms with Crippen LogP contribution in [0.5, 0.6) is 0 Å². The van der Waals surface area contributed by atoms with Gasteiger partial charge >= 0.3 is 0 Å². The summed E-state index contributed by atoms with van der Waals surface area (Å²) in [6.07, 6.45) is 2.53. The summed E-state index contributed by atoms with van der Waals surface area (Å²) in [5.41, 5.74) is 5.92. The Morgan fingerprint density at radius 2 is 2.27 bits per heavy atom. The maximum absolute atomic E-state index is 5.92. The van der Waals surface area contributed by atoms with Crippen LogP contribution in [0.15, 0.2) is 16.5 Å². The molecule has 1 fully saturated rings. The summed E-state index contributed by atoms with van der Waals surface area (Å²) in [6.45, 7) is 1.95. The van der Waals surface area contributed by atoms with E-state index in [1.54, 1.807) is 0 Å². The minimum atomic E-state index is 0.142. The Hall–Kier alpha value is -0.760. The highest BCUT2D eigenvalue weighted by Crippen LogP contribution is 2.39. The van der Waals surface area contributed by atoms with E-state index in [4.69, 9.17) is 10.2 Å². The third-order valence-corrected chi connectivity index (χ3v) is 2.22. The molecule has 2 N–H and O–H groups in total. The van der Waals surface area contributed by atoms with Gasteiger partial charge in [-0.1, -0.05) is 0 Å². The minimum absolute atomic E-state index is 0.142. The number of aryl methyl sites for hydroxylation is 1. The molecule has 2 nitrogen and oxygen atoms in total. The first kappa shape index (κ1) is 6.92. The molecule has 0 spiro atoms. The zero-order valence-corrected chi connectivity index (χ0v) is 6.71. The van der Waals surface area contributed by atoms with E-state index in [1.807, 2.05) is 19.1 Å². The Morgan fingerprint density at radius 3 is 2.73 bits per heavy atom. The monoisotopic (exact) mass is 151 g/mol. The van der Waals surface area contributed by atoms with Crippen molar-refractivity contribution < 1.29 is 4.42 Å². The fraction of sp³-hybridized carbons (Fsp3) is 0.556. The van der Waals surface area contributed by atoms with Gasteiger partial charge in [-0.15, -0.1) is 0 Å². The van der Waals surface area contributed by atoms with Crippen LogP contribution < -0.4 is 5.73 Å². The van der Waals surface area contributed by atoms with Crippen molar-refractivity contribution in [3.05, 3.63) is 23.7 Å². The smallest absolute Gasteiger partial charge is 0.121 e. The topological polar surface area (TPSA) is 39.2 Å². The average molecular weight is 151 g/mol. The average Bonchev–Trinajstić information content (AvgIpc) is 2.74. The maximum atomic E-state index is 5.92. The summed E-state index contributed by atoms with van der Waals surface area (Å²) >= 11 is 0. The van der Waals surface area contributed by atoms with Crippen molar-refractivity contribution in [2.24, 2.45) is 11.7 Å². The maximum Gasteiger partial charge on any atom is 0.121 e. The lowest BCUT2D eigenvalue weighted by atomic mass is 10.1. The molecule has 1 saturated carbocycles. The molecular weight excluding hydrogens is 138 g/mol. The Kier molecular flexibility index (Phi) is 1.50. The number of hydrogen-bond acceptors (Lipinski definition) is 2. The van der Waals surface area contributed by atoms with Crippen LogP contribution in [0.3, 0.4) is 0 Å². The van der Waals surface area contributed by atoms with E-state index in [0.717, 1.165) is 11.5 Å². The lowest BCUT2D eigenvalue weighted by Gasteiger charge is -2.04. The van der Waals surface area contributed by atoms with E-state index >= 15 is 0 Å². The lowest BCUT2D eigenvalue weighted by Crippen LogP contribution is -2.10. The largest absolute Gasteiger partial charge is 0.465 e. The Labute approximate surface area is 66.4 Å². The Morgan fingerprint density at radius 1 is 1.55 bits per heavy atom. The molecule has 2 heteroatoms. The highest BCUT2D eigenvalue weighted by Gasteiger charge is 2.31. The van der Waals surface area contributed by atoms with Crippen molar-refractivity contribution in [3.63, 3.8) is 0 Å². The van der Waals surface area contributed by atoms with E-state index in [0.29, 0.717) is 5.92 Å². The third kappa shape index (κ3) is 1.31. The van der Waals surface area contributed by atoms with Gasteiger partial charge in [0.15, 0.2) is 0 Å². The van der Waals surface area contributed by atoms with E-state index in [2.05, 4.69) is 0 Å². The third-order valence-electron chi connectivity index (χ3n) is 2.22. The van der Waals surface area contributed by atoms with Gasteiger partial charge in [-0.05, 0) is 37.8 Å². The molecule has 11 heavy (non-hydrogen) atoms. The number of furan rings is 1. The molecule has 1 unspecified atom stereocenters. The van der Waals surface area contributed by atoms with Crippen LogP contribution in [0.4, 0.5) is 0 Å². The molecule has 0 radical (unpaired) electrons. The van der Waals surface area contributed by atoms with E-state index in [-0.39, 0.29) is 6.04 Å². The van der Waals surface area contributed by atoms with Gasteiger partial charge in [0.25, 0.3) is 0 Å². The van der Waals surface area contributed by atoms with Gasteiger partial charge in [-0.2, -0.15) is 0 Å². The summed E-state index contributed by atoms with van der Waals surface area (Å²) in [6, 6.07) is 4.10. The summed E-state index contributed by atoms with van der Waals surface area (Å²) in [5.74, 6) is 2.58. The van der Waals surface area contributed by atoms with Gasteiger partial charge in [-0.25, -0.2) is 0 Å². The quantitative estimate of drug-likeness (QED) is 0.702. The highest BCUT2D eigenvalue weighted by molar-refractivity contribution is 5.11. The first-order chi connectivity index (χ1) is 5.27. The van der Waals surface area contributed by atoms with Crippen molar-refractivity contribution in [1.82, 2.24) is 0 Å². The first-order valence-corrected chi connectivity index (χ1v) is 4.09. The normalized spacial score (nSPS) is 20.2. The van der Waals surface area contributed by atoms with Crippen molar-refractivity contribution >= 4 is 0 Å². The van der Waals surface area contributed by atoms with Gasteiger partial charge < -0.3 is 10.2 Å². The molecule has 0 aliphatic heterocycles. The van der Waals surface area contributed by atoms with E-state index < -0.39 is 0 Å². The molecule has 1 aromatic rings. The van der Waals surface area contributed by atoms with Gasteiger partial charge in [-0.3, -0.25) is 0 Å². The van der Waals surface area contributed by atoms with Gasteiger partial charge in [0.1, 0.15) is 11.5 Å². The molecule has 0 saturated heterocycles. The standard InChI is InChI=1S/C9H13NO/c1-6-2-5-8(11-6)9(10)7-3-4-7/h2,5,7,9H,3-4,10H2,1H3. The van der Waals surface area contributed by atoms with Crippen LogP contribution in [0.2, 0.25) is 0 Å². The molecular formula is C9H13NO. The molecule has 1 aromatic heterocycles. The second kappa shape index (κ2) is 2.38. The molecule has 1 aliphatic carbocycles. The van der Waals surface area contributed by atoms with Crippen LogP contribution in [-0.2, 0) is 0 Å². The molecule has 0 aromatic carbocycles. The Balaban J connectivity index is 2.14. The van der Waals surface area contributed by atoms with Crippen molar-refractivity contribution in [1.29, 1.82) is 0 Å². The van der Waals surface area contributed by atoms with E-state index in [1.165, 1.54) is 12.8 Å². The zero-order valence-electron chi connectivity index (χ0n) is 6.71. The highest BCUT2D eigenvalue weighted by atomic mass is 16.3. The second-order valence-electron chi connectivity index (χ2n) is 3.31. The molecule has 1 heterocycles. The fourth-order valence-corrected chi connectivity index (χ4v) is 1.32. The number of hydrogen-bond donors (Lipinski definition) is 1. The minimum Gasteiger partial charge on any atom is -0.465 e. The Bertz CT molecular complexity index is 250. The molecule has 0 bridgehead atoms. The number of rotatable bonds is 2. The van der Waals surface area contributed by atoms with Crippen molar-refractivity contribution in [3.8, 4) is 0 Å². The van der Waals surface area contributed by atoms with Crippen LogP contribution in [-0.4, -0.2) is 0 Å². The molecule has 60 valence electrons. The number of nitrogens with two attached hydrogens (primary N) is 1. The van der Waals surface area contributed by atoms with Crippen LogP contribution in [0.25, 0.3) is 0 Å². The van der Waals surface area contributed by atoms with Crippen molar-refractivity contribution in [2.75, 3.05) is 0 Å². The summed E-state index contributed by atoms with van der Waals surface area (Å²) < 4.78 is 5.42.